The molecule has 0 aliphatic heterocycles. The second kappa shape index (κ2) is 6.49. The molecule has 0 aliphatic rings. The molecular weight excluding hydrogens is 338 g/mol. The molecule has 5 nitrogen and oxygen atoms in total. The van der Waals surface area contributed by atoms with Gasteiger partial charge in [0.25, 0.3) is 0 Å². The van der Waals surface area contributed by atoms with Gasteiger partial charge in [-0.2, -0.15) is 0 Å². The second-order valence-electron chi connectivity index (χ2n) is 4.48. The summed E-state index contributed by atoms with van der Waals surface area (Å²) in [6, 6.07) is 10.9. The summed E-state index contributed by atoms with van der Waals surface area (Å²) in [4.78, 5) is 33.6. The maximum Gasteiger partial charge on any atom is 0.372 e. The molecular formula is C15H12BrNO4. The summed E-state index contributed by atoms with van der Waals surface area (Å²) in [6.07, 6.45) is 1.09. The predicted molar refractivity (Wildman–Crippen MR) is 79.3 cm³/mol. The fourth-order valence-corrected chi connectivity index (χ4v) is 2.40. The van der Waals surface area contributed by atoms with E-state index in [9.17, 15) is 14.4 Å². The highest BCUT2D eigenvalue weighted by atomic mass is 79.9. The molecule has 0 fully saturated rings. The van der Waals surface area contributed by atoms with Gasteiger partial charge in [-0.1, -0.05) is 28.1 Å². The number of carbonyl (C=O) groups excluding carboxylic acids is 2. The zero-order valence-electron chi connectivity index (χ0n) is 11.0. The fourth-order valence-electron chi connectivity index (χ4n) is 1.95. The molecule has 0 amide bonds. The van der Waals surface area contributed by atoms with Gasteiger partial charge in [0.05, 0.1) is 12.1 Å². The molecule has 21 heavy (non-hydrogen) atoms. The average Bonchev–Trinajstić information content (AvgIpc) is 2.86. The summed E-state index contributed by atoms with van der Waals surface area (Å²) >= 11 is 3.38. The number of rotatable bonds is 6. The smallest absolute Gasteiger partial charge is 0.372 e. The molecule has 1 N–H and O–H groups in total. The Balaban J connectivity index is 2.17. The van der Waals surface area contributed by atoms with E-state index in [0.717, 1.165) is 10.0 Å². The molecule has 0 radical (unpaired) electrons. The summed E-state index contributed by atoms with van der Waals surface area (Å²) in [6.45, 7) is 0.467. The number of carboxylic acids is 1. The lowest BCUT2D eigenvalue weighted by molar-refractivity contribution is -0.148. The first kappa shape index (κ1) is 15.2. The Hall–Kier alpha value is -2.21. The number of aliphatic carboxylic acids is 1. The van der Waals surface area contributed by atoms with Gasteiger partial charge in [-0.15, -0.1) is 0 Å². The van der Waals surface area contributed by atoms with E-state index in [1.165, 1.54) is 0 Å². The maximum absolute atomic E-state index is 12.0. The molecule has 2 rings (SSSR count). The lowest BCUT2D eigenvalue weighted by Gasteiger charge is -2.08. The van der Waals surface area contributed by atoms with E-state index < -0.39 is 24.0 Å². The highest BCUT2D eigenvalue weighted by molar-refractivity contribution is 9.10. The third-order valence-electron chi connectivity index (χ3n) is 2.92. The topological polar surface area (TPSA) is 76.4 Å². The van der Waals surface area contributed by atoms with Crippen LogP contribution < -0.4 is 0 Å². The Morgan fingerprint density at radius 1 is 1.14 bits per heavy atom. The molecule has 108 valence electrons. The van der Waals surface area contributed by atoms with E-state index in [0.29, 0.717) is 12.2 Å². The van der Waals surface area contributed by atoms with E-state index in [1.807, 2.05) is 24.3 Å². The molecule has 0 atom stereocenters. The Bertz CT molecular complexity index is 705. The van der Waals surface area contributed by atoms with Crippen molar-refractivity contribution in [3.05, 3.63) is 58.3 Å². The number of hydrogen-bond acceptors (Lipinski definition) is 3. The van der Waals surface area contributed by atoms with Crippen LogP contribution in [0.25, 0.3) is 0 Å². The van der Waals surface area contributed by atoms with Crippen LogP contribution in [0.3, 0.4) is 0 Å². The summed E-state index contributed by atoms with van der Waals surface area (Å²) < 4.78 is 2.63. The third kappa shape index (κ3) is 3.88. The van der Waals surface area contributed by atoms with E-state index >= 15 is 0 Å². The number of carboxylic acid groups (broad SMARTS) is 1. The summed E-state index contributed by atoms with van der Waals surface area (Å²) in [5, 5.41) is 8.55. The van der Waals surface area contributed by atoms with E-state index in [4.69, 9.17) is 5.11 Å². The highest BCUT2D eigenvalue weighted by Crippen LogP contribution is 2.15. The van der Waals surface area contributed by atoms with Crippen molar-refractivity contribution in [2.45, 2.75) is 13.0 Å². The van der Waals surface area contributed by atoms with Crippen molar-refractivity contribution < 1.29 is 19.5 Å². The molecule has 1 aromatic heterocycles. The van der Waals surface area contributed by atoms with Crippen LogP contribution in [-0.2, 0) is 16.1 Å². The number of hydrogen-bond donors (Lipinski definition) is 1. The number of Topliss-reactive ketones (excluding diaryl/α,β-unsaturated/α-hetero) is 2. The molecule has 1 heterocycles. The molecule has 0 saturated carbocycles. The van der Waals surface area contributed by atoms with Gasteiger partial charge in [-0.05, 0) is 29.8 Å². The standard InChI is InChI=1S/C15H12BrNO4/c16-11-4-1-3-10(7-11)9-17-6-2-5-12(17)13(18)8-14(19)15(20)21/h1-7H,8-9H2,(H,20,21). The van der Waals surface area contributed by atoms with E-state index in [2.05, 4.69) is 15.9 Å². The van der Waals surface area contributed by atoms with Gasteiger partial charge in [-0.25, -0.2) is 4.79 Å². The Kier molecular flexibility index (Phi) is 4.70. The largest absolute Gasteiger partial charge is 0.475 e. The van der Waals surface area contributed by atoms with E-state index in [1.54, 1.807) is 22.9 Å². The third-order valence-corrected chi connectivity index (χ3v) is 3.41. The highest BCUT2D eigenvalue weighted by Gasteiger charge is 2.19. The number of benzene rings is 1. The number of aromatic nitrogens is 1. The fraction of sp³-hybridized carbons (Fsp3) is 0.133. The first-order chi connectivity index (χ1) is 9.97. The van der Waals surface area contributed by atoms with Gasteiger partial charge in [0.1, 0.15) is 0 Å². The van der Waals surface area contributed by atoms with Crippen molar-refractivity contribution in [3.63, 3.8) is 0 Å². The first-order valence-corrected chi connectivity index (χ1v) is 6.95. The summed E-state index contributed by atoms with van der Waals surface area (Å²) in [7, 11) is 0. The lowest BCUT2D eigenvalue weighted by Crippen LogP contribution is -2.19. The van der Waals surface area contributed by atoms with Crippen LogP contribution in [0.2, 0.25) is 0 Å². The minimum Gasteiger partial charge on any atom is -0.475 e. The molecule has 0 saturated heterocycles. The van der Waals surface area contributed by atoms with Crippen molar-refractivity contribution in [2.75, 3.05) is 0 Å². The first-order valence-electron chi connectivity index (χ1n) is 6.16. The quantitative estimate of drug-likeness (QED) is 0.493. The Morgan fingerprint density at radius 2 is 1.90 bits per heavy atom. The molecule has 1 aromatic carbocycles. The van der Waals surface area contributed by atoms with Crippen molar-refractivity contribution in [1.29, 1.82) is 0 Å². The van der Waals surface area contributed by atoms with Crippen molar-refractivity contribution in [1.82, 2.24) is 4.57 Å². The Labute approximate surface area is 129 Å². The summed E-state index contributed by atoms with van der Waals surface area (Å²) in [5.74, 6) is -3.19. The monoisotopic (exact) mass is 349 g/mol. The van der Waals surface area contributed by atoms with Crippen LogP contribution in [0.1, 0.15) is 22.5 Å². The van der Waals surface area contributed by atoms with Gasteiger partial charge < -0.3 is 9.67 Å². The van der Waals surface area contributed by atoms with Crippen LogP contribution in [0, 0.1) is 0 Å². The zero-order valence-corrected chi connectivity index (χ0v) is 12.5. The van der Waals surface area contributed by atoms with Crippen LogP contribution in [0.15, 0.2) is 47.1 Å². The molecule has 0 aliphatic carbocycles. The Morgan fingerprint density at radius 3 is 2.57 bits per heavy atom. The SMILES string of the molecule is O=C(O)C(=O)CC(=O)c1cccn1Cc1cccc(Br)c1. The van der Waals surface area contributed by atoms with Gasteiger partial charge in [-0.3, -0.25) is 9.59 Å². The van der Waals surface area contributed by atoms with Gasteiger partial charge in [0.2, 0.25) is 5.78 Å². The average molecular weight is 350 g/mol. The van der Waals surface area contributed by atoms with Crippen LogP contribution in [0.5, 0.6) is 0 Å². The second-order valence-corrected chi connectivity index (χ2v) is 5.40. The number of halogens is 1. The van der Waals surface area contributed by atoms with Crippen LogP contribution in [0.4, 0.5) is 0 Å². The van der Waals surface area contributed by atoms with Gasteiger partial charge in [0.15, 0.2) is 5.78 Å². The number of ketones is 2. The normalized spacial score (nSPS) is 10.3. The van der Waals surface area contributed by atoms with Gasteiger partial charge >= 0.3 is 5.97 Å². The van der Waals surface area contributed by atoms with Crippen molar-refractivity contribution >= 4 is 33.5 Å². The van der Waals surface area contributed by atoms with Crippen molar-refractivity contribution in [2.24, 2.45) is 0 Å². The molecule has 2 aromatic rings. The van der Waals surface area contributed by atoms with Crippen molar-refractivity contribution in [3.8, 4) is 0 Å². The zero-order chi connectivity index (χ0) is 15.4. The molecule has 0 bridgehead atoms. The lowest BCUT2D eigenvalue weighted by atomic mass is 10.1. The number of nitrogens with zero attached hydrogens (tertiary/aromatic N) is 1. The summed E-state index contributed by atoms with van der Waals surface area (Å²) in [5.41, 5.74) is 1.31. The molecule has 0 unspecified atom stereocenters. The minimum atomic E-state index is -1.59. The van der Waals surface area contributed by atoms with Gasteiger partial charge in [0, 0.05) is 17.2 Å². The number of carbonyl (C=O) groups is 3. The van der Waals surface area contributed by atoms with E-state index in [-0.39, 0.29) is 0 Å². The molecule has 6 heteroatoms. The maximum atomic E-state index is 12.0. The van der Waals surface area contributed by atoms with Crippen LogP contribution in [-0.4, -0.2) is 27.2 Å². The molecule has 0 spiro atoms. The minimum absolute atomic E-state index is 0.324. The van der Waals surface area contributed by atoms with Crippen LogP contribution >= 0.6 is 15.9 Å². The predicted octanol–water partition coefficient (Wildman–Crippen LogP) is 2.53.